The molecular weight excluding hydrogens is 196 g/mol. The van der Waals surface area contributed by atoms with Crippen molar-refractivity contribution >= 4 is 0 Å². The highest BCUT2D eigenvalue weighted by atomic mass is 15.0. The molecule has 2 nitrogen and oxygen atoms in total. The number of hydrogen-bond donors (Lipinski definition) is 2. The Morgan fingerprint density at radius 2 is 2.25 bits per heavy atom. The Hall–Kier alpha value is -0.340. The van der Waals surface area contributed by atoms with E-state index >= 15 is 0 Å². The molecule has 2 rings (SSSR count). The summed E-state index contributed by atoms with van der Waals surface area (Å²) in [5.74, 6) is 1.50. The summed E-state index contributed by atoms with van der Waals surface area (Å²) in [7, 11) is 0. The third-order valence-electron chi connectivity index (χ3n) is 4.45. The smallest absolute Gasteiger partial charge is 0.0270 e. The molecule has 2 aliphatic carbocycles. The predicted octanol–water partition coefficient (Wildman–Crippen LogP) is 2.45. The van der Waals surface area contributed by atoms with Gasteiger partial charge in [0.05, 0.1) is 0 Å². The van der Waals surface area contributed by atoms with Gasteiger partial charge in [-0.15, -0.1) is 0 Å². The third kappa shape index (κ3) is 2.49. The van der Waals surface area contributed by atoms with Crippen LogP contribution in [-0.4, -0.2) is 18.1 Å². The van der Waals surface area contributed by atoms with Crippen LogP contribution in [0.1, 0.15) is 46.0 Å². The Balaban J connectivity index is 2.03. The molecule has 0 heterocycles. The van der Waals surface area contributed by atoms with E-state index in [9.17, 15) is 0 Å². The molecule has 0 radical (unpaired) electrons. The van der Waals surface area contributed by atoms with Gasteiger partial charge in [0.2, 0.25) is 0 Å². The summed E-state index contributed by atoms with van der Waals surface area (Å²) in [5, 5.41) is 3.78. The van der Waals surface area contributed by atoms with Gasteiger partial charge in [-0.25, -0.2) is 0 Å². The maximum atomic E-state index is 6.27. The van der Waals surface area contributed by atoms with Gasteiger partial charge in [-0.3, -0.25) is 0 Å². The third-order valence-corrected chi connectivity index (χ3v) is 4.45. The van der Waals surface area contributed by atoms with Gasteiger partial charge in [-0.2, -0.15) is 0 Å². The summed E-state index contributed by atoms with van der Waals surface area (Å²) in [6, 6.07) is 1.55. The molecule has 0 aliphatic heterocycles. The van der Waals surface area contributed by atoms with Crippen molar-refractivity contribution < 1.29 is 0 Å². The second kappa shape index (κ2) is 5.33. The topological polar surface area (TPSA) is 38.0 Å². The highest BCUT2D eigenvalue weighted by Gasteiger charge is 2.37. The van der Waals surface area contributed by atoms with Gasteiger partial charge < -0.3 is 11.1 Å². The van der Waals surface area contributed by atoms with Crippen molar-refractivity contribution in [1.82, 2.24) is 5.32 Å². The molecule has 3 N–H and O–H groups in total. The largest absolute Gasteiger partial charge is 0.324 e. The first-order chi connectivity index (χ1) is 7.72. The van der Waals surface area contributed by atoms with Crippen LogP contribution in [0, 0.1) is 11.8 Å². The zero-order chi connectivity index (χ0) is 11.5. The molecule has 1 saturated carbocycles. The Kier molecular flexibility index (Phi) is 4.04. The van der Waals surface area contributed by atoms with Crippen LogP contribution in [0.3, 0.4) is 0 Å². The van der Waals surface area contributed by atoms with E-state index in [1.54, 1.807) is 0 Å². The first kappa shape index (κ1) is 12.1. The van der Waals surface area contributed by atoms with Crippen LogP contribution in [-0.2, 0) is 0 Å². The SMILES string of the molecule is CCC(C)NC1CCCC2CC=CC(N)C21. The molecule has 1 fully saturated rings. The van der Waals surface area contributed by atoms with Crippen LogP contribution in [0.4, 0.5) is 0 Å². The van der Waals surface area contributed by atoms with Crippen molar-refractivity contribution in [3.63, 3.8) is 0 Å². The fourth-order valence-corrected chi connectivity index (χ4v) is 3.39. The fourth-order valence-electron chi connectivity index (χ4n) is 3.39. The zero-order valence-electron chi connectivity index (χ0n) is 10.7. The van der Waals surface area contributed by atoms with Crippen LogP contribution in [0.25, 0.3) is 0 Å². The van der Waals surface area contributed by atoms with E-state index in [0.29, 0.717) is 18.0 Å². The van der Waals surface area contributed by atoms with Crippen LogP contribution < -0.4 is 11.1 Å². The van der Waals surface area contributed by atoms with E-state index in [2.05, 4.69) is 31.3 Å². The van der Waals surface area contributed by atoms with Gasteiger partial charge in [-0.1, -0.05) is 25.5 Å². The lowest BCUT2D eigenvalue weighted by Crippen LogP contribution is -2.53. The van der Waals surface area contributed by atoms with Crippen molar-refractivity contribution in [2.45, 2.75) is 64.1 Å². The van der Waals surface area contributed by atoms with E-state index in [0.717, 1.165) is 5.92 Å². The number of nitrogens with one attached hydrogen (secondary N) is 1. The fraction of sp³-hybridized carbons (Fsp3) is 0.857. The lowest BCUT2D eigenvalue weighted by molar-refractivity contribution is 0.147. The van der Waals surface area contributed by atoms with Crippen LogP contribution in [0.5, 0.6) is 0 Å². The van der Waals surface area contributed by atoms with Gasteiger partial charge in [0, 0.05) is 18.1 Å². The van der Waals surface area contributed by atoms with E-state index in [-0.39, 0.29) is 6.04 Å². The first-order valence-corrected chi connectivity index (χ1v) is 6.90. The van der Waals surface area contributed by atoms with Crippen molar-refractivity contribution in [3.05, 3.63) is 12.2 Å². The zero-order valence-corrected chi connectivity index (χ0v) is 10.7. The highest BCUT2D eigenvalue weighted by molar-refractivity contribution is 5.08. The summed E-state index contributed by atoms with van der Waals surface area (Å²) >= 11 is 0. The predicted molar refractivity (Wildman–Crippen MR) is 69.2 cm³/mol. The quantitative estimate of drug-likeness (QED) is 0.720. The minimum atomic E-state index is 0.278. The lowest BCUT2D eigenvalue weighted by atomic mass is 9.68. The van der Waals surface area contributed by atoms with Crippen molar-refractivity contribution in [1.29, 1.82) is 0 Å². The average Bonchev–Trinajstić information content (AvgIpc) is 2.29. The molecule has 0 aromatic rings. The maximum Gasteiger partial charge on any atom is 0.0270 e. The number of nitrogens with two attached hydrogens (primary N) is 1. The van der Waals surface area contributed by atoms with E-state index in [1.165, 1.54) is 32.1 Å². The molecule has 0 amide bonds. The molecule has 2 heteroatoms. The van der Waals surface area contributed by atoms with Gasteiger partial charge in [0.25, 0.3) is 0 Å². The summed E-state index contributed by atoms with van der Waals surface area (Å²) in [6.45, 7) is 4.53. The Bertz CT molecular complexity index is 249. The normalized spacial score (nSPS) is 40.4. The number of hydrogen-bond acceptors (Lipinski definition) is 2. The number of rotatable bonds is 3. The summed E-state index contributed by atoms with van der Waals surface area (Å²) in [4.78, 5) is 0. The second-order valence-electron chi connectivity index (χ2n) is 5.59. The molecule has 0 saturated heterocycles. The summed E-state index contributed by atoms with van der Waals surface area (Å²) < 4.78 is 0. The first-order valence-electron chi connectivity index (χ1n) is 6.90. The Labute approximate surface area is 99.7 Å². The van der Waals surface area contributed by atoms with Gasteiger partial charge >= 0.3 is 0 Å². The molecule has 0 aromatic carbocycles. The average molecular weight is 222 g/mol. The molecule has 0 aromatic heterocycles. The van der Waals surface area contributed by atoms with Crippen LogP contribution in [0.15, 0.2) is 12.2 Å². The molecule has 0 spiro atoms. The number of fused-ring (bicyclic) bond motifs is 1. The minimum Gasteiger partial charge on any atom is -0.324 e. The lowest BCUT2D eigenvalue weighted by Gasteiger charge is -2.44. The molecule has 5 atom stereocenters. The minimum absolute atomic E-state index is 0.278. The standard InChI is InChI=1S/C14H26N2/c1-3-10(2)16-13-9-5-7-11-6-4-8-12(15)14(11)13/h4,8,10-14,16H,3,5-7,9,15H2,1-2H3. The van der Waals surface area contributed by atoms with Gasteiger partial charge in [0.1, 0.15) is 0 Å². The Morgan fingerprint density at radius 3 is 3.00 bits per heavy atom. The van der Waals surface area contributed by atoms with E-state index < -0.39 is 0 Å². The van der Waals surface area contributed by atoms with Gasteiger partial charge in [0.15, 0.2) is 0 Å². The van der Waals surface area contributed by atoms with Crippen LogP contribution >= 0.6 is 0 Å². The number of allylic oxidation sites excluding steroid dienone is 1. The van der Waals surface area contributed by atoms with E-state index in [1.807, 2.05) is 0 Å². The summed E-state index contributed by atoms with van der Waals surface area (Å²) in [6.07, 6.45) is 11.0. The monoisotopic (exact) mass is 222 g/mol. The molecule has 92 valence electrons. The maximum absolute atomic E-state index is 6.27. The van der Waals surface area contributed by atoms with Gasteiger partial charge in [-0.05, 0) is 44.4 Å². The molecule has 0 bridgehead atoms. The molecule has 16 heavy (non-hydrogen) atoms. The van der Waals surface area contributed by atoms with Crippen molar-refractivity contribution in [2.75, 3.05) is 0 Å². The molecule has 5 unspecified atom stereocenters. The van der Waals surface area contributed by atoms with Crippen molar-refractivity contribution in [3.8, 4) is 0 Å². The second-order valence-corrected chi connectivity index (χ2v) is 5.59. The highest BCUT2D eigenvalue weighted by Crippen LogP contribution is 2.37. The molecule has 2 aliphatic rings. The van der Waals surface area contributed by atoms with Crippen LogP contribution in [0.2, 0.25) is 0 Å². The van der Waals surface area contributed by atoms with Crippen molar-refractivity contribution in [2.24, 2.45) is 17.6 Å². The van der Waals surface area contributed by atoms with E-state index in [4.69, 9.17) is 5.73 Å². The Morgan fingerprint density at radius 1 is 1.44 bits per heavy atom. The molecular formula is C14H26N2. The summed E-state index contributed by atoms with van der Waals surface area (Å²) in [5.41, 5.74) is 6.27.